The average Bonchev–Trinajstić information content (AvgIpc) is 2.55. The molecule has 6 nitrogen and oxygen atoms in total. The van der Waals surface area contributed by atoms with Crippen LogP contribution in [0.5, 0.6) is 17.2 Å². The molecule has 0 fully saturated rings. The van der Waals surface area contributed by atoms with Crippen molar-refractivity contribution in [1.82, 2.24) is 15.0 Å². The Morgan fingerprint density at radius 1 is 1.09 bits per heavy atom. The molecule has 0 unspecified atom stereocenters. The van der Waals surface area contributed by atoms with Crippen molar-refractivity contribution in [2.24, 2.45) is 0 Å². The molecule has 2 aromatic rings. The second kappa shape index (κ2) is 8.17. The van der Waals surface area contributed by atoms with E-state index in [4.69, 9.17) is 9.47 Å². The molecule has 22 heavy (non-hydrogen) atoms. The maximum Gasteiger partial charge on any atom is 0.203 e. The van der Waals surface area contributed by atoms with Crippen molar-refractivity contribution in [3.63, 3.8) is 0 Å². The van der Waals surface area contributed by atoms with Crippen molar-refractivity contribution in [1.29, 1.82) is 0 Å². The summed E-state index contributed by atoms with van der Waals surface area (Å²) in [6.45, 7) is 2.77. The second-order valence-corrected chi connectivity index (χ2v) is 4.86. The van der Waals surface area contributed by atoms with Gasteiger partial charge in [-0.1, -0.05) is 26.2 Å². The summed E-state index contributed by atoms with van der Waals surface area (Å²) in [5, 5.41) is 10.4. The Bertz CT molecular complexity index is 591. The number of methoxy groups -OCH3 is 1. The molecule has 2 rings (SSSR count). The summed E-state index contributed by atoms with van der Waals surface area (Å²) in [5.41, 5.74) is 0.484. The molecule has 0 aliphatic heterocycles. The number of rotatable bonds is 8. The third-order valence-corrected chi connectivity index (χ3v) is 3.29. The van der Waals surface area contributed by atoms with E-state index < -0.39 is 0 Å². The zero-order valence-electron chi connectivity index (χ0n) is 13.0. The number of hydrogen-bond acceptors (Lipinski definition) is 6. The van der Waals surface area contributed by atoms with Crippen LogP contribution >= 0.6 is 0 Å². The summed E-state index contributed by atoms with van der Waals surface area (Å²) in [6.07, 6.45) is 7.26. The van der Waals surface area contributed by atoms with Crippen LogP contribution in [0.25, 0.3) is 11.4 Å². The molecule has 0 aliphatic carbocycles. The molecule has 0 aliphatic rings. The minimum absolute atomic E-state index is 0.0280. The molecule has 118 valence electrons. The Hall–Kier alpha value is -2.37. The minimum atomic E-state index is -0.0280. The van der Waals surface area contributed by atoms with E-state index in [9.17, 15) is 5.11 Å². The predicted molar refractivity (Wildman–Crippen MR) is 83.1 cm³/mol. The standard InChI is InChI=1S/C16H21N3O3/c1-3-4-5-6-9-22-13-8-7-12(14(20)15(13)21-2)16-18-10-17-11-19-16/h7-8,10-11,20H,3-6,9H2,1-2H3. The number of benzene rings is 1. The molecule has 0 spiro atoms. The average molecular weight is 303 g/mol. The molecule has 6 heteroatoms. The Morgan fingerprint density at radius 3 is 2.55 bits per heavy atom. The zero-order chi connectivity index (χ0) is 15.8. The number of aromatic hydroxyl groups is 1. The first kappa shape index (κ1) is 16.0. The van der Waals surface area contributed by atoms with E-state index in [2.05, 4.69) is 21.9 Å². The van der Waals surface area contributed by atoms with Gasteiger partial charge in [0.15, 0.2) is 17.3 Å². The van der Waals surface area contributed by atoms with Gasteiger partial charge in [-0.3, -0.25) is 0 Å². The number of phenols is 1. The summed E-state index contributed by atoms with van der Waals surface area (Å²) < 4.78 is 11.0. The lowest BCUT2D eigenvalue weighted by Crippen LogP contribution is -2.00. The molecule has 0 saturated carbocycles. The van der Waals surface area contributed by atoms with Crippen LogP contribution in [0.15, 0.2) is 24.8 Å². The normalized spacial score (nSPS) is 10.5. The number of phenolic OH excluding ortho intramolecular Hbond substituents is 1. The highest BCUT2D eigenvalue weighted by Crippen LogP contribution is 2.42. The molecule has 0 radical (unpaired) electrons. The Morgan fingerprint density at radius 2 is 1.86 bits per heavy atom. The zero-order valence-corrected chi connectivity index (χ0v) is 13.0. The fourth-order valence-electron chi connectivity index (χ4n) is 2.13. The number of nitrogens with zero attached hydrogens (tertiary/aromatic N) is 3. The number of ether oxygens (including phenoxy) is 2. The van der Waals surface area contributed by atoms with Gasteiger partial charge in [-0.05, 0) is 18.6 Å². The second-order valence-electron chi connectivity index (χ2n) is 4.86. The molecule has 0 amide bonds. The van der Waals surface area contributed by atoms with Crippen LogP contribution in [0.3, 0.4) is 0 Å². The van der Waals surface area contributed by atoms with E-state index in [0.29, 0.717) is 29.5 Å². The van der Waals surface area contributed by atoms with Gasteiger partial charge >= 0.3 is 0 Å². The smallest absolute Gasteiger partial charge is 0.203 e. The molecule has 1 aromatic heterocycles. The van der Waals surface area contributed by atoms with E-state index >= 15 is 0 Å². The van der Waals surface area contributed by atoms with Gasteiger partial charge < -0.3 is 14.6 Å². The first-order valence-corrected chi connectivity index (χ1v) is 7.43. The van der Waals surface area contributed by atoms with Crippen molar-refractivity contribution in [2.45, 2.75) is 32.6 Å². The summed E-state index contributed by atoms with van der Waals surface area (Å²) in [7, 11) is 1.50. The maximum atomic E-state index is 10.4. The van der Waals surface area contributed by atoms with Crippen molar-refractivity contribution in [3.05, 3.63) is 24.8 Å². The van der Waals surface area contributed by atoms with E-state index in [1.54, 1.807) is 12.1 Å². The van der Waals surface area contributed by atoms with Crippen LogP contribution in [0.1, 0.15) is 32.6 Å². The van der Waals surface area contributed by atoms with E-state index in [1.807, 2.05) is 0 Å². The Kier molecular flexibility index (Phi) is 5.94. The molecule has 1 heterocycles. The topological polar surface area (TPSA) is 77.4 Å². The lowest BCUT2D eigenvalue weighted by Gasteiger charge is -2.14. The summed E-state index contributed by atoms with van der Waals surface area (Å²) in [4.78, 5) is 11.8. The summed E-state index contributed by atoms with van der Waals surface area (Å²) in [5.74, 6) is 1.18. The third-order valence-electron chi connectivity index (χ3n) is 3.29. The molecular formula is C16H21N3O3. The van der Waals surface area contributed by atoms with Crippen LogP contribution in [0.4, 0.5) is 0 Å². The Labute approximate surface area is 130 Å². The van der Waals surface area contributed by atoms with Crippen molar-refractivity contribution >= 4 is 0 Å². The highest BCUT2D eigenvalue weighted by atomic mass is 16.5. The highest BCUT2D eigenvalue weighted by molar-refractivity contribution is 5.71. The summed E-state index contributed by atoms with van der Waals surface area (Å²) in [6, 6.07) is 3.48. The number of aromatic nitrogens is 3. The SMILES string of the molecule is CCCCCCOc1ccc(-c2ncncn2)c(O)c1OC. The van der Waals surface area contributed by atoms with Gasteiger partial charge in [0.1, 0.15) is 12.7 Å². The van der Waals surface area contributed by atoms with Gasteiger partial charge in [0.05, 0.1) is 19.3 Å². The van der Waals surface area contributed by atoms with Crippen LogP contribution in [-0.2, 0) is 0 Å². The largest absolute Gasteiger partial charge is 0.504 e. The summed E-state index contributed by atoms with van der Waals surface area (Å²) >= 11 is 0. The van der Waals surface area contributed by atoms with E-state index in [1.165, 1.54) is 32.6 Å². The number of unbranched alkanes of at least 4 members (excludes halogenated alkanes) is 3. The maximum absolute atomic E-state index is 10.4. The highest BCUT2D eigenvalue weighted by Gasteiger charge is 2.17. The van der Waals surface area contributed by atoms with Gasteiger partial charge in [0, 0.05) is 0 Å². The third kappa shape index (κ3) is 3.84. The number of hydrogen-bond donors (Lipinski definition) is 1. The molecule has 0 bridgehead atoms. The first-order valence-electron chi connectivity index (χ1n) is 7.43. The van der Waals surface area contributed by atoms with Gasteiger partial charge in [-0.15, -0.1) is 0 Å². The van der Waals surface area contributed by atoms with Crippen molar-refractivity contribution in [2.75, 3.05) is 13.7 Å². The quantitative estimate of drug-likeness (QED) is 0.754. The lowest BCUT2D eigenvalue weighted by atomic mass is 10.1. The molecule has 1 aromatic carbocycles. The van der Waals surface area contributed by atoms with Crippen LogP contribution in [0, 0.1) is 0 Å². The Balaban J connectivity index is 2.14. The molecule has 0 saturated heterocycles. The first-order chi connectivity index (χ1) is 10.8. The van der Waals surface area contributed by atoms with Crippen LogP contribution in [-0.4, -0.2) is 33.8 Å². The lowest BCUT2D eigenvalue weighted by molar-refractivity contribution is 0.279. The molecule has 0 atom stereocenters. The van der Waals surface area contributed by atoms with Gasteiger partial charge in [-0.2, -0.15) is 0 Å². The predicted octanol–water partition coefficient (Wildman–Crippen LogP) is 3.21. The monoisotopic (exact) mass is 303 g/mol. The molecule has 1 N–H and O–H groups in total. The van der Waals surface area contributed by atoms with E-state index in [0.717, 1.165) is 12.8 Å². The van der Waals surface area contributed by atoms with Gasteiger partial charge in [0.25, 0.3) is 0 Å². The fraction of sp³-hybridized carbons (Fsp3) is 0.438. The minimum Gasteiger partial charge on any atom is -0.504 e. The van der Waals surface area contributed by atoms with Gasteiger partial charge in [0.2, 0.25) is 5.75 Å². The van der Waals surface area contributed by atoms with Gasteiger partial charge in [-0.25, -0.2) is 15.0 Å². The van der Waals surface area contributed by atoms with Crippen LogP contribution < -0.4 is 9.47 Å². The van der Waals surface area contributed by atoms with Crippen LogP contribution in [0.2, 0.25) is 0 Å². The van der Waals surface area contributed by atoms with Crippen molar-refractivity contribution in [3.8, 4) is 28.6 Å². The molecular weight excluding hydrogens is 282 g/mol. The van der Waals surface area contributed by atoms with Crippen molar-refractivity contribution < 1.29 is 14.6 Å². The fourth-order valence-corrected chi connectivity index (χ4v) is 2.13. The van der Waals surface area contributed by atoms with E-state index in [-0.39, 0.29) is 5.75 Å².